The minimum Gasteiger partial charge on any atom is -0.379 e. The monoisotopic (exact) mass is 366 g/mol. The number of hydrogen-bond acceptors (Lipinski definition) is 7. The number of hydrogen-bond donors (Lipinski definition) is 3. The van der Waals surface area contributed by atoms with Crippen LogP contribution in [0.1, 0.15) is 24.8 Å². The number of carbonyl (C=O) groups excluding carboxylic acids is 1. The van der Waals surface area contributed by atoms with Crippen molar-refractivity contribution in [3.8, 4) is 12.1 Å². The lowest BCUT2D eigenvalue weighted by Crippen LogP contribution is -2.59. The highest BCUT2D eigenvalue weighted by Crippen LogP contribution is 2.38. The standard InChI is InChI=1S/C19H22N6O2/c20-8-6-19(7-10-27-12-19)25-15-5-9-22-18(26)16(15)17(24-25)23-14-3-1-13(11-21)2-4-14/h1-4,15-17,23-24H,5-7,9-10,12H2,(H,22,26)/t15?,16?,17?,19-/m0/s1. The Morgan fingerprint density at radius 2 is 2.15 bits per heavy atom. The second kappa shape index (κ2) is 7.16. The lowest BCUT2D eigenvalue weighted by atomic mass is 9.86. The van der Waals surface area contributed by atoms with Crippen molar-refractivity contribution >= 4 is 11.6 Å². The van der Waals surface area contributed by atoms with Gasteiger partial charge in [0.05, 0.1) is 42.2 Å². The topological polar surface area (TPSA) is 113 Å². The third-order valence-corrected chi connectivity index (χ3v) is 5.76. The van der Waals surface area contributed by atoms with E-state index in [9.17, 15) is 10.1 Å². The lowest BCUT2D eigenvalue weighted by Gasteiger charge is -2.41. The van der Waals surface area contributed by atoms with Crippen LogP contribution >= 0.6 is 0 Å². The van der Waals surface area contributed by atoms with Gasteiger partial charge in [0.15, 0.2) is 0 Å². The summed E-state index contributed by atoms with van der Waals surface area (Å²) < 4.78 is 5.63. The SMILES string of the molecule is N#CC[C@]1(N2NC(Nc3ccc(C#N)cc3)C3C(=O)NCCC32)CCOC1. The summed E-state index contributed by atoms with van der Waals surface area (Å²) in [4.78, 5) is 12.6. The molecule has 8 heteroatoms. The smallest absolute Gasteiger partial charge is 0.228 e. The van der Waals surface area contributed by atoms with Crippen molar-refractivity contribution in [1.29, 1.82) is 10.5 Å². The maximum absolute atomic E-state index is 12.6. The molecule has 3 aliphatic rings. The molecule has 0 saturated carbocycles. The summed E-state index contributed by atoms with van der Waals surface area (Å²) >= 11 is 0. The molecule has 0 spiro atoms. The Labute approximate surface area is 158 Å². The van der Waals surface area contributed by atoms with Crippen LogP contribution in [0.15, 0.2) is 24.3 Å². The Kier molecular flexibility index (Phi) is 4.71. The predicted molar refractivity (Wildman–Crippen MR) is 96.8 cm³/mol. The molecule has 3 heterocycles. The van der Waals surface area contributed by atoms with Crippen LogP contribution in [0, 0.1) is 28.6 Å². The van der Waals surface area contributed by atoms with E-state index in [2.05, 4.69) is 33.2 Å². The lowest BCUT2D eigenvalue weighted by molar-refractivity contribution is -0.128. The molecule has 0 bridgehead atoms. The highest BCUT2D eigenvalue weighted by Gasteiger charge is 2.55. The molecule has 1 aromatic rings. The number of carbonyl (C=O) groups is 1. The van der Waals surface area contributed by atoms with Crippen LogP contribution < -0.4 is 16.1 Å². The fraction of sp³-hybridized carbons (Fsp3) is 0.526. The first-order chi connectivity index (χ1) is 13.2. The zero-order valence-corrected chi connectivity index (χ0v) is 14.9. The average Bonchev–Trinajstić information content (AvgIpc) is 3.29. The molecule has 3 aliphatic heterocycles. The van der Waals surface area contributed by atoms with Gasteiger partial charge in [-0.1, -0.05) is 0 Å². The molecule has 8 nitrogen and oxygen atoms in total. The number of nitrogens with one attached hydrogen (secondary N) is 3. The van der Waals surface area contributed by atoms with Crippen molar-refractivity contribution in [3.63, 3.8) is 0 Å². The first-order valence-corrected chi connectivity index (χ1v) is 9.21. The van der Waals surface area contributed by atoms with E-state index in [4.69, 9.17) is 10.00 Å². The average molecular weight is 366 g/mol. The van der Waals surface area contributed by atoms with Gasteiger partial charge in [-0.05, 0) is 37.1 Å². The molecule has 140 valence electrons. The summed E-state index contributed by atoms with van der Waals surface area (Å²) in [7, 11) is 0. The third-order valence-electron chi connectivity index (χ3n) is 5.76. The summed E-state index contributed by atoms with van der Waals surface area (Å²) in [6.45, 7) is 1.74. The van der Waals surface area contributed by atoms with Gasteiger partial charge in [0.1, 0.15) is 6.17 Å². The Morgan fingerprint density at radius 1 is 1.33 bits per heavy atom. The summed E-state index contributed by atoms with van der Waals surface area (Å²) in [5.74, 6) is -0.260. The van der Waals surface area contributed by atoms with Gasteiger partial charge >= 0.3 is 0 Å². The summed E-state index contributed by atoms with van der Waals surface area (Å²) in [6, 6.07) is 11.6. The van der Waals surface area contributed by atoms with Crippen molar-refractivity contribution < 1.29 is 9.53 Å². The Bertz CT molecular complexity index is 790. The fourth-order valence-corrected chi connectivity index (χ4v) is 4.39. The highest BCUT2D eigenvalue weighted by atomic mass is 16.5. The normalized spacial score (nSPS) is 33.0. The number of nitriles is 2. The van der Waals surface area contributed by atoms with Crippen LogP contribution in [-0.2, 0) is 9.53 Å². The number of piperidine rings is 1. The van der Waals surface area contributed by atoms with Crippen molar-refractivity contribution in [3.05, 3.63) is 29.8 Å². The molecule has 3 N–H and O–H groups in total. The number of nitrogens with zero attached hydrogens (tertiary/aromatic N) is 3. The van der Waals surface area contributed by atoms with Gasteiger partial charge in [-0.15, -0.1) is 0 Å². The molecule has 3 fully saturated rings. The first-order valence-electron chi connectivity index (χ1n) is 9.21. The van der Waals surface area contributed by atoms with Gasteiger partial charge in [-0.2, -0.15) is 10.5 Å². The van der Waals surface area contributed by atoms with Gasteiger partial charge in [0.25, 0.3) is 0 Å². The maximum Gasteiger partial charge on any atom is 0.228 e. The van der Waals surface area contributed by atoms with Crippen LogP contribution in [0.4, 0.5) is 5.69 Å². The Hall–Kier alpha value is -2.65. The molecule has 4 atom stereocenters. The van der Waals surface area contributed by atoms with Crippen LogP contribution in [0.5, 0.6) is 0 Å². The molecule has 3 saturated heterocycles. The van der Waals surface area contributed by atoms with E-state index in [1.807, 2.05) is 12.1 Å². The molecule has 0 radical (unpaired) electrons. The Morgan fingerprint density at radius 3 is 2.81 bits per heavy atom. The van der Waals surface area contributed by atoms with Gasteiger partial charge in [-0.25, -0.2) is 10.4 Å². The summed E-state index contributed by atoms with van der Waals surface area (Å²) in [5.41, 5.74) is 4.49. The minimum atomic E-state index is -0.406. The number of rotatable bonds is 4. The molecule has 1 amide bonds. The van der Waals surface area contributed by atoms with Crippen molar-refractivity contribution in [2.45, 2.75) is 37.0 Å². The summed E-state index contributed by atoms with van der Waals surface area (Å²) in [6.07, 6.45) is 1.65. The zero-order chi connectivity index (χ0) is 18.9. The fourth-order valence-electron chi connectivity index (χ4n) is 4.39. The van der Waals surface area contributed by atoms with Crippen LogP contribution in [-0.4, -0.2) is 48.4 Å². The van der Waals surface area contributed by atoms with Gasteiger partial charge < -0.3 is 15.4 Å². The zero-order valence-electron chi connectivity index (χ0n) is 14.9. The minimum absolute atomic E-state index is 0.00433. The number of anilines is 1. The van der Waals surface area contributed by atoms with Crippen molar-refractivity contribution in [2.24, 2.45) is 5.92 Å². The first kappa shape index (κ1) is 17.7. The Balaban J connectivity index is 1.61. The van der Waals surface area contributed by atoms with Gasteiger partial charge in [0.2, 0.25) is 5.91 Å². The van der Waals surface area contributed by atoms with E-state index >= 15 is 0 Å². The quantitative estimate of drug-likeness (QED) is 0.719. The molecule has 4 rings (SSSR count). The van der Waals surface area contributed by atoms with E-state index < -0.39 is 5.54 Å². The van der Waals surface area contributed by atoms with E-state index in [0.717, 1.165) is 18.5 Å². The van der Waals surface area contributed by atoms with Crippen LogP contribution in [0.3, 0.4) is 0 Å². The number of fused-ring (bicyclic) bond motifs is 1. The molecule has 3 unspecified atom stereocenters. The van der Waals surface area contributed by atoms with E-state index in [1.165, 1.54) is 0 Å². The summed E-state index contributed by atoms with van der Waals surface area (Å²) in [5, 5.41) is 26.8. The maximum atomic E-state index is 12.6. The van der Waals surface area contributed by atoms with Gasteiger partial charge in [-0.3, -0.25) is 4.79 Å². The van der Waals surface area contributed by atoms with Gasteiger partial charge in [0, 0.05) is 24.9 Å². The predicted octanol–water partition coefficient (Wildman–Crippen LogP) is 0.694. The molecular weight excluding hydrogens is 344 g/mol. The molecular formula is C19H22N6O2. The van der Waals surface area contributed by atoms with E-state index in [0.29, 0.717) is 31.7 Å². The van der Waals surface area contributed by atoms with Crippen molar-refractivity contribution in [1.82, 2.24) is 15.8 Å². The van der Waals surface area contributed by atoms with Crippen LogP contribution in [0.2, 0.25) is 0 Å². The second-order valence-corrected chi connectivity index (χ2v) is 7.34. The molecule has 27 heavy (non-hydrogen) atoms. The van der Waals surface area contributed by atoms with E-state index in [1.54, 1.807) is 12.1 Å². The number of amides is 1. The molecule has 0 aliphatic carbocycles. The molecule has 1 aromatic carbocycles. The highest BCUT2D eigenvalue weighted by molar-refractivity contribution is 5.82. The van der Waals surface area contributed by atoms with Crippen molar-refractivity contribution in [2.75, 3.05) is 25.1 Å². The largest absolute Gasteiger partial charge is 0.379 e. The van der Waals surface area contributed by atoms with Crippen LogP contribution in [0.25, 0.3) is 0 Å². The number of hydrazine groups is 1. The third kappa shape index (κ3) is 3.13. The number of ether oxygens (including phenoxy) is 1. The number of benzene rings is 1. The van der Waals surface area contributed by atoms with E-state index in [-0.39, 0.29) is 24.0 Å². The second-order valence-electron chi connectivity index (χ2n) is 7.34. The molecule has 0 aromatic heterocycles.